The van der Waals surface area contributed by atoms with Gasteiger partial charge in [0.2, 0.25) is 0 Å². The Morgan fingerprint density at radius 2 is 1.88 bits per heavy atom. The normalized spacial score (nSPS) is 14.6. The van der Waals surface area contributed by atoms with Crippen LogP contribution in [0.15, 0.2) is 29.4 Å². The van der Waals surface area contributed by atoms with E-state index in [0.29, 0.717) is 5.56 Å². The molecule has 0 heterocycles. The Hall–Kier alpha value is -1.36. The average Bonchev–Trinajstić information content (AvgIpc) is 2.32. The van der Waals surface area contributed by atoms with Gasteiger partial charge in [-0.05, 0) is 13.8 Å². The lowest BCUT2D eigenvalue weighted by molar-refractivity contribution is 0.318. The smallest absolute Gasteiger partial charge is 0.158 e. The van der Waals surface area contributed by atoms with Crippen LogP contribution in [0.5, 0.6) is 0 Å². The molecule has 0 amide bonds. The molecule has 1 rings (SSSR count). The van der Waals surface area contributed by atoms with Crippen molar-refractivity contribution in [1.82, 2.24) is 0 Å². The van der Waals surface area contributed by atoms with Crippen LogP contribution in [0.25, 0.3) is 0 Å². The highest BCUT2D eigenvalue weighted by atomic mass is 32.2. The molecule has 0 radical (unpaired) electrons. The van der Waals surface area contributed by atoms with Crippen molar-refractivity contribution in [3.63, 3.8) is 0 Å². The monoisotopic (exact) mass is 255 g/mol. The second-order valence-electron chi connectivity index (χ2n) is 3.95. The predicted octanol–water partition coefficient (Wildman–Crippen LogP) is 2.00. The molecule has 0 aliphatic rings. The second kappa shape index (κ2) is 5.31. The topological polar surface area (TPSA) is 66.7 Å². The Labute approximate surface area is 102 Å². The molecule has 0 spiro atoms. The van der Waals surface area contributed by atoms with Gasteiger partial charge in [-0.25, -0.2) is 8.42 Å². The van der Waals surface area contributed by atoms with E-state index >= 15 is 0 Å². The van der Waals surface area contributed by atoms with E-state index in [1.807, 2.05) is 19.1 Å². The molecule has 1 atom stereocenters. The molecule has 5 heteroatoms. The fourth-order valence-corrected chi connectivity index (χ4v) is 2.54. The van der Waals surface area contributed by atoms with Crippen LogP contribution in [0.4, 0.5) is 0 Å². The lowest BCUT2D eigenvalue weighted by Gasteiger charge is -2.13. The van der Waals surface area contributed by atoms with Crippen LogP contribution in [0.3, 0.4) is 0 Å². The number of hydrogen-bond acceptors (Lipinski definition) is 4. The average molecular weight is 255 g/mol. The Balaban J connectivity index is 3.14. The Bertz CT molecular complexity index is 503. The lowest BCUT2D eigenvalue weighted by atomic mass is 10.1. The van der Waals surface area contributed by atoms with Gasteiger partial charge in [-0.2, -0.15) is 0 Å². The maximum atomic E-state index is 11.7. The third-order valence-electron chi connectivity index (χ3n) is 2.78. The molecular formula is C12H17NO3S. The summed E-state index contributed by atoms with van der Waals surface area (Å²) in [6.07, 6.45) is 0. The zero-order valence-electron chi connectivity index (χ0n) is 10.2. The maximum Gasteiger partial charge on any atom is 0.158 e. The van der Waals surface area contributed by atoms with Gasteiger partial charge in [-0.3, -0.25) is 0 Å². The van der Waals surface area contributed by atoms with Crippen molar-refractivity contribution < 1.29 is 13.6 Å². The molecule has 4 nitrogen and oxygen atoms in total. The van der Waals surface area contributed by atoms with Gasteiger partial charge in [0, 0.05) is 11.3 Å². The van der Waals surface area contributed by atoms with E-state index in [-0.39, 0.29) is 11.5 Å². The minimum atomic E-state index is -3.26. The summed E-state index contributed by atoms with van der Waals surface area (Å²) in [6.45, 7) is 5.05. The van der Waals surface area contributed by atoms with E-state index in [0.717, 1.165) is 5.56 Å². The molecule has 17 heavy (non-hydrogen) atoms. The summed E-state index contributed by atoms with van der Waals surface area (Å²) in [7, 11) is -3.26. The molecule has 1 N–H and O–H groups in total. The van der Waals surface area contributed by atoms with Crippen molar-refractivity contribution in [2.24, 2.45) is 5.16 Å². The minimum Gasteiger partial charge on any atom is -0.411 e. The van der Waals surface area contributed by atoms with E-state index in [2.05, 4.69) is 5.16 Å². The van der Waals surface area contributed by atoms with Crippen LogP contribution >= 0.6 is 0 Å². The molecule has 0 bridgehead atoms. The molecule has 1 aromatic carbocycles. The van der Waals surface area contributed by atoms with Gasteiger partial charge in [0.25, 0.3) is 0 Å². The second-order valence-corrected chi connectivity index (χ2v) is 6.56. The molecule has 0 aliphatic heterocycles. The highest BCUT2D eigenvalue weighted by Gasteiger charge is 2.25. The molecule has 0 fully saturated rings. The van der Waals surface area contributed by atoms with E-state index in [1.165, 1.54) is 6.92 Å². The summed E-state index contributed by atoms with van der Waals surface area (Å²) in [5.74, 6) is 0.0268. The van der Waals surface area contributed by atoms with Crippen molar-refractivity contribution >= 4 is 15.5 Å². The fraction of sp³-hybridized carbons (Fsp3) is 0.417. The van der Waals surface area contributed by atoms with Gasteiger partial charge in [-0.1, -0.05) is 41.9 Å². The van der Waals surface area contributed by atoms with E-state index in [4.69, 9.17) is 5.21 Å². The Morgan fingerprint density at radius 1 is 1.35 bits per heavy atom. The Kier molecular flexibility index (Phi) is 4.28. The minimum absolute atomic E-state index is 0.0268. The van der Waals surface area contributed by atoms with E-state index in [1.54, 1.807) is 19.1 Å². The number of sulfone groups is 1. The van der Waals surface area contributed by atoms with Gasteiger partial charge in [-0.15, -0.1) is 0 Å². The van der Waals surface area contributed by atoms with Gasteiger partial charge in [0.1, 0.15) is 11.0 Å². The first kappa shape index (κ1) is 13.7. The van der Waals surface area contributed by atoms with Crippen molar-refractivity contribution in [1.29, 1.82) is 0 Å². The summed E-state index contributed by atoms with van der Waals surface area (Å²) in [6, 6.07) is 7.22. The van der Waals surface area contributed by atoms with Crippen molar-refractivity contribution in [3.8, 4) is 0 Å². The van der Waals surface area contributed by atoms with Crippen molar-refractivity contribution in [2.45, 2.75) is 26.0 Å². The highest BCUT2D eigenvalue weighted by molar-refractivity contribution is 7.92. The van der Waals surface area contributed by atoms with Crippen LogP contribution in [0.1, 0.15) is 25.0 Å². The number of rotatable bonds is 4. The van der Waals surface area contributed by atoms with Gasteiger partial charge in [0.15, 0.2) is 9.84 Å². The van der Waals surface area contributed by atoms with Gasteiger partial charge in [0.05, 0.1) is 0 Å². The first-order valence-electron chi connectivity index (χ1n) is 5.43. The summed E-state index contributed by atoms with van der Waals surface area (Å²) in [4.78, 5) is 0. The molecule has 0 saturated carbocycles. The predicted molar refractivity (Wildman–Crippen MR) is 68.4 cm³/mol. The summed E-state index contributed by atoms with van der Waals surface area (Å²) < 4.78 is 23.5. The van der Waals surface area contributed by atoms with Crippen molar-refractivity contribution in [3.05, 3.63) is 35.4 Å². The van der Waals surface area contributed by atoms with Crippen LogP contribution in [0, 0.1) is 6.92 Å². The van der Waals surface area contributed by atoms with E-state index < -0.39 is 15.1 Å². The third-order valence-corrected chi connectivity index (χ3v) is 4.89. The van der Waals surface area contributed by atoms with Gasteiger partial charge >= 0.3 is 0 Å². The summed E-state index contributed by atoms with van der Waals surface area (Å²) >= 11 is 0. The number of hydrogen-bond donors (Lipinski definition) is 1. The first-order chi connectivity index (χ1) is 7.92. The maximum absolute atomic E-state index is 11.7. The highest BCUT2D eigenvalue weighted by Crippen LogP contribution is 2.13. The summed E-state index contributed by atoms with van der Waals surface area (Å²) in [5.41, 5.74) is 1.88. The number of aryl methyl sites for hydroxylation is 1. The van der Waals surface area contributed by atoms with Gasteiger partial charge < -0.3 is 5.21 Å². The lowest BCUT2D eigenvalue weighted by Crippen LogP contribution is -2.29. The zero-order valence-corrected chi connectivity index (χ0v) is 11.0. The molecule has 0 saturated heterocycles. The van der Waals surface area contributed by atoms with E-state index in [9.17, 15) is 8.42 Å². The zero-order chi connectivity index (χ0) is 13.1. The number of oxime groups is 1. The van der Waals surface area contributed by atoms with Crippen LogP contribution < -0.4 is 0 Å². The number of benzene rings is 1. The van der Waals surface area contributed by atoms with Crippen LogP contribution in [-0.4, -0.2) is 30.3 Å². The largest absolute Gasteiger partial charge is 0.411 e. The third kappa shape index (κ3) is 3.06. The van der Waals surface area contributed by atoms with Crippen LogP contribution in [0.2, 0.25) is 0 Å². The SMILES string of the molecule is CCS(=O)(=O)[C@H](C)/C(=N\O)c1ccc(C)cc1. The molecular weight excluding hydrogens is 238 g/mol. The number of nitrogens with zero attached hydrogens (tertiary/aromatic N) is 1. The molecule has 94 valence electrons. The van der Waals surface area contributed by atoms with Crippen LogP contribution in [-0.2, 0) is 9.84 Å². The Morgan fingerprint density at radius 3 is 2.29 bits per heavy atom. The molecule has 1 aromatic rings. The molecule has 0 aliphatic carbocycles. The van der Waals surface area contributed by atoms with Crippen molar-refractivity contribution in [2.75, 3.05) is 5.75 Å². The molecule has 0 aromatic heterocycles. The standard InChI is InChI=1S/C12H17NO3S/c1-4-17(15,16)10(3)12(13-14)11-7-5-9(2)6-8-11/h5-8,10,14H,4H2,1-3H3/b13-12+/t10-/m1/s1. The quantitative estimate of drug-likeness (QED) is 0.508. The molecule has 0 unspecified atom stereocenters. The first-order valence-corrected chi connectivity index (χ1v) is 7.14. The fourth-order valence-electron chi connectivity index (χ4n) is 1.52. The summed E-state index contributed by atoms with van der Waals surface area (Å²) in [5, 5.41) is 11.3.